The van der Waals surface area contributed by atoms with Crippen molar-refractivity contribution in [1.29, 1.82) is 0 Å². The second-order valence-corrected chi connectivity index (χ2v) is 8.10. The van der Waals surface area contributed by atoms with Gasteiger partial charge in [-0.3, -0.25) is 4.90 Å². The van der Waals surface area contributed by atoms with E-state index in [1.165, 1.54) is 15.0 Å². The molecule has 0 N–H and O–H groups in total. The summed E-state index contributed by atoms with van der Waals surface area (Å²) in [6, 6.07) is 11.0. The number of hydrogen-bond acceptors (Lipinski definition) is 5. The van der Waals surface area contributed by atoms with Gasteiger partial charge >= 0.3 is 0 Å². The highest BCUT2D eigenvalue weighted by Gasteiger charge is 2.43. The van der Waals surface area contributed by atoms with Crippen LogP contribution in [-0.2, 0) is 24.4 Å². The molecule has 1 unspecified atom stereocenters. The standard InChI is InChI=1S/C18H20N4OS/c1-13-19-20-17-10-23-18(12-22(13)17)6-7-21(11-18)9-15-8-14-4-2-3-5-16(14)24-15/h2-5,8H,6-7,9-12H2,1H3. The van der Waals surface area contributed by atoms with Crippen molar-refractivity contribution in [2.45, 2.75) is 38.6 Å². The van der Waals surface area contributed by atoms with Crippen molar-refractivity contribution < 1.29 is 4.74 Å². The summed E-state index contributed by atoms with van der Waals surface area (Å²) in [5, 5.41) is 9.73. The second kappa shape index (κ2) is 5.37. The lowest BCUT2D eigenvalue weighted by molar-refractivity contribution is -0.0829. The summed E-state index contributed by atoms with van der Waals surface area (Å²) in [4.78, 5) is 3.96. The fraction of sp³-hybridized carbons (Fsp3) is 0.444. The Balaban J connectivity index is 1.33. The van der Waals surface area contributed by atoms with Gasteiger partial charge in [-0.05, 0) is 30.9 Å². The maximum absolute atomic E-state index is 6.23. The molecule has 0 radical (unpaired) electrons. The van der Waals surface area contributed by atoms with Crippen LogP contribution >= 0.6 is 11.3 Å². The third-order valence-electron chi connectivity index (χ3n) is 5.22. The van der Waals surface area contributed by atoms with Gasteiger partial charge in [0.1, 0.15) is 18.0 Å². The fourth-order valence-electron chi connectivity index (χ4n) is 3.93. The Labute approximate surface area is 144 Å². The van der Waals surface area contributed by atoms with E-state index in [1.807, 2.05) is 18.3 Å². The van der Waals surface area contributed by atoms with E-state index in [2.05, 4.69) is 50.0 Å². The number of fused-ring (bicyclic) bond motifs is 2. The van der Waals surface area contributed by atoms with E-state index in [1.54, 1.807) is 0 Å². The molecule has 1 atom stereocenters. The molecule has 0 bridgehead atoms. The largest absolute Gasteiger partial charge is 0.364 e. The summed E-state index contributed by atoms with van der Waals surface area (Å²) >= 11 is 1.90. The molecule has 5 nitrogen and oxygen atoms in total. The van der Waals surface area contributed by atoms with Gasteiger partial charge in [-0.25, -0.2) is 0 Å². The van der Waals surface area contributed by atoms with Gasteiger partial charge in [0.15, 0.2) is 5.82 Å². The molecule has 5 rings (SSSR count). The SMILES string of the molecule is Cc1nnc2n1CC1(CCN(Cc3cc4ccccc4s3)C1)OC2. The summed E-state index contributed by atoms with van der Waals surface area (Å²) in [5.74, 6) is 1.96. The molecule has 4 heterocycles. The van der Waals surface area contributed by atoms with Crippen LogP contribution in [0.4, 0.5) is 0 Å². The minimum Gasteiger partial charge on any atom is -0.364 e. The summed E-state index contributed by atoms with van der Waals surface area (Å²) in [7, 11) is 0. The zero-order chi connectivity index (χ0) is 16.1. The Morgan fingerprint density at radius 2 is 2.17 bits per heavy atom. The van der Waals surface area contributed by atoms with Crippen molar-refractivity contribution in [2.24, 2.45) is 0 Å². The van der Waals surface area contributed by atoms with E-state index in [4.69, 9.17) is 4.74 Å². The first-order valence-corrected chi connectivity index (χ1v) is 9.25. The predicted molar refractivity (Wildman–Crippen MR) is 94.0 cm³/mol. The Morgan fingerprint density at radius 3 is 3.08 bits per heavy atom. The molecule has 0 amide bonds. The van der Waals surface area contributed by atoms with Gasteiger partial charge in [0.25, 0.3) is 0 Å². The quantitative estimate of drug-likeness (QED) is 0.719. The van der Waals surface area contributed by atoms with E-state index < -0.39 is 0 Å². The number of aromatic nitrogens is 3. The molecular formula is C18H20N4OS. The maximum atomic E-state index is 6.23. The molecule has 2 aromatic heterocycles. The number of ether oxygens (including phenoxy) is 1. The molecule has 1 saturated heterocycles. The number of benzene rings is 1. The number of nitrogens with zero attached hydrogens (tertiary/aromatic N) is 4. The zero-order valence-corrected chi connectivity index (χ0v) is 14.6. The predicted octanol–water partition coefficient (Wildman–Crippen LogP) is 2.98. The van der Waals surface area contributed by atoms with Gasteiger partial charge in [0.2, 0.25) is 0 Å². The molecule has 24 heavy (non-hydrogen) atoms. The molecule has 3 aromatic rings. The lowest BCUT2D eigenvalue weighted by Gasteiger charge is -2.34. The summed E-state index contributed by atoms with van der Waals surface area (Å²) in [5.41, 5.74) is -0.0726. The van der Waals surface area contributed by atoms with Gasteiger partial charge in [0.05, 0.1) is 6.54 Å². The van der Waals surface area contributed by atoms with Gasteiger partial charge in [0, 0.05) is 29.2 Å². The first-order valence-electron chi connectivity index (χ1n) is 8.43. The van der Waals surface area contributed by atoms with Crippen molar-refractivity contribution in [3.8, 4) is 0 Å². The highest BCUT2D eigenvalue weighted by molar-refractivity contribution is 7.19. The van der Waals surface area contributed by atoms with Crippen LogP contribution in [0.1, 0.15) is 22.9 Å². The van der Waals surface area contributed by atoms with Crippen LogP contribution in [0.3, 0.4) is 0 Å². The van der Waals surface area contributed by atoms with Crippen LogP contribution in [0, 0.1) is 6.92 Å². The Hall–Kier alpha value is -1.76. The normalized spacial score (nSPS) is 24.0. The van der Waals surface area contributed by atoms with E-state index in [-0.39, 0.29) is 5.60 Å². The van der Waals surface area contributed by atoms with Gasteiger partial charge in [-0.1, -0.05) is 18.2 Å². The summed E-state index contributed by atoms with van der Waals surface area (Å²) in [6.07, 6.45) is 1.08. The molecule has 1 spiro atoms. The van der Waals surface area contributed by atoms with Gasteiger partial charge < -0.3 is 9.30 Å². The van der Waals surface area contributed by atoms with Crippen LogP contribution in [0.2, 0.25) is 0 Å². The van der Waals surface area contributed by atoms with Crippen molar-refractivity contribution in [2.75, 3.05) is 13.1 Å². The Morgan fingerprint density at radius 1 is 1.25 bits per heavy atom. The number of aryl methyl sites for hydroxylation is 1. The van der Waals surface area contributed by atoms with Crippen LogP contribution < -0.4 is 0 Å². The van der Waals surface area contributed by atoms with Crippen LogP contribution in [-0.4, -0.2) is 38.4 Å². The van der Waals surface area contributed by atoms with Crippen molar-refractivity contribution in [1.82, 2.24) is 19.7 Å². The van der Waals surface area contributed by atoms with Crippen LogP contribution in [0.15, 0.2) is 30.3 Å². The summed E-state index contributed by atoms with van der Waals surface area (Å²) in [6.45, 7) is 6.57. The Bertz CT molecular complexity index is 868. The molecule has 0 aliphatic carbocycles. The first kappa shape index (κ1) is 14.6. The van der Waals surface area contributed by atoms with E-state index in [0.717, 1.165) is 44.2 Å². The summed E-state index contributed by atoms with van der Waals surface area (Å²) < 4.78 is 9.84. The lowest BCUT2D eigenvalue weighted by atomic mass is 10.0. The molecular weight excluding hydrogens is 320 g/mol. The lowest BCUT2D eigenvalue weighted by Crippen LogP contribution is -2.44. The van der Waals surface area contributed by atoms with Crippen LogP contribution in [0.25, 0.3) is 10.1 Å². The fourth-order valence-corrected chi connectivity index (χ4v) is 5.04. The first-order chi connectivity index (χ1) is 11.7. The monoisotopic (exact) mass is 340 g/mol. The second-order valence-electron chi connectivity index (χ2n) is 6.93. The number of thiophene rings is 1. The van der Waals surface area contributed by atoms with Crippen molar-refractivity contribution >= 4 is 21.4 Å². The molecule has 2 aliphatic rings. The molecule has 1 aromatic carbocycles. The molecule has 0 saturated carbocycles. The highest BCUT2D eigenvalue weighted by Crippen LogP contribution is 2.34. The molecule has 2 aliphatic heterocycles. The number of hydrogen-bond donors (Lipinski definition) is 0. The highest BCUT2D eigenvalue weighted by atomic mass is 32.1. The topological polar surface area (TPSA) is 43.2 Å². The third kappa shape index (κ3) is 2.37. The minimum absolute atomic E-state index is 0.0726. The molecule has 124 valence electrons. The van der Waals surface area contributed by atoms with E-state index in [0.29, 0.717) is 6.61 Å². The molecule has 6 heteroatoms. The Kier molecular flexibility index (Phi) is 3.26. The zero-order valence-electron chi connectivity index (χ0n) is 13.7. The average molecular weight is 340 g/mol. The van der Waals surface area contributed by atoms with Crippen LogP contribution in [0.5, 0.6) is 0 Å². The van der Waals surface area contributed by atoms with Gasteiger partial charge in [-0.2, -0.15) is 0 Å². The smallest absolute Gasteiger partial charge is 0.159 e. The molecule has 1 fully saturated rings. The minimum atomic E-state index is -0.0726. The number of likely N-dealkylation sites (tertiary alicyclic amines) is 1. The van der Waals surface area contributed by atoms with Gasteiger partial charge in [-0.15, -0.1) is 21.5 Å². The third-order valence-corrected chi connectivity index (χ3v) is 6.32. The average Bonchev–Trinajstić information content (AvgIpc) is 3.26. The maximum Gasteiger partial charge on any atom is 0.159 e. The van der Waals surface area contributed by atoms with Crippen molar-refractivity contribution in [3.63, 3.8) is 0 Å². The van der Waals surface area contributed by atoms with Crippen molar-refractivity contribution in [3.05, 3.63) is 46.9 Å². The van der Waals surface area contributed by atoms with E-state index >= 15 is 0 Å². The van der Waals surface area contributed by atoms with E-state index in [9.17, 15) is 0 Å². The number of rotatable bonds is 2.